The molecule has 202 valence electrons. The molecule has 0 N–H and O–H groups in total. The minimum atomic E-state index is -0.340. The first kappa shape index (κ1) is 26.4. The van der Waals surface area contributed by atoms with E-state index in [1.807, 2.05) is 21.9 Å². The summed E-state index contributed by atoms with van der Waals surface area (Å²) in [6.07, 6.45) is 4.64. The summed E-state index contributed by atoms with van der Waals surface area (Å²) in [6.45, 7) is 9.47. The van der Waals surface area contributed by atoms with Crippen molar-refractivity contribution in [3.63, 3.8) is 0 Å². The number of allylic oxidation sites excluding steroid dienone is 1. The predicted octanol–water partition coefficient (Wildman–Crippen LogP) is 4.73. The lowest BCUT2D eigenvalue weighted by Crippen LogP contribution is -2.52. The van der Waals surface area contributed by atoms with Crippen molar-refractivity contribution < 1.29 is 18.7 Å². The second kappa shape index (κ2) is 10.9. The average Bonchev–Trinajstić information content (AvgIpc) is 2.95. The van der Waals surface area contributed by atoms with Crippen LogP contribution >= 0.6 is 0 Å². The standard InChI is InChI=1S/C31H38FN3O3/c1-31(2)25-9-4-24(28(31)20-25)21-35(30(37)22-5-10-26(32)11-6-22)19-16-33-14-17-34(18-15-33)29(36)23-7-12-27(38-3)13-8-23/h4-8,10-13,25,28H,9,14-21H2,1-3H3. The third-order valence-corrected chi connectivity index (χ3v) is 9.02. The average molecular weight is 520 g/mol. The molecule has 1 aliphatic heterocycles. The molecule has 6 nitrogen and oxygen atoms in total. The van der Waals surface area contributed by atoms with E-state index in [1.54, 1.807) is 31.4 Å². The summed E-state index contributed by atoms with van der Waals surface area (Å²) in [4.78, 5) is 32.6. The Hall–Kier alpha value is -3.19. The van der Waals surface area contributed by atoms with Gasteiger partial charge in [-0.2, -0.15) is 0 Å². The maximum atomic E-state index is 13.5. The molecule has 1 saturated carbocycles. The van der Waals surface area contributed by atoms with Crippen molar-refractivity contribution in [2.45, 2.75) is 26.7 Å². The lowest BCUT2D eigenvalue weighted by molar-refractivity contribution is -0.0105. The number of rotatable bonds is 8. The molecule has 1 saturated heterocycles. The van der Waals surface area contributed by atoms with E-state index in [-0.39, 0.29) is 17.6 Å². The summed E-state index contributed by atoms with van der Waals surface area (Å²) in [5.74, 6) is 1.64. The fraction of sp³-hybridized carbons (Fsp3) is 0.484. The number of amides is 2. The molecule has 38 heavy (non-hydrogen) atoms. The number of fused-ring (bicyclic) bond motifs is 1. The monoisotopic (exact) mass is 519 g/mol. The molecule has 0 aromatic heterocycles. The molecule has 7 heteroatoms. The second-order valence-electron chi connectivity index (χ2n) is 11.4. The van der Waals surface area contributed by atoms with Crippen LogP contribution in [0, 0.1) is 23.1 Å². The van der Waals surface area contributed by atoms with Crippen molar-refractivity contribution in [1.29, 1.82) is 0 Å². The predicted molar refractivity (Wildman–Crippen MR) is 146 cm³/mol. The molecule has 1 heterocycles. The van der Waals surface area contributed by atoms with Crippen molar-refractivity contribution in [3.8, 4) is 5.75 Å². The van der Waals surface area contributed by atoms with Gasteiger partial charge in [0.15, 0.2) is 0 Å². The molecule has 6 rings (SSSR count). The van der Waals surface area contributed by atoms with Gasteiger partial charge in [-0.25, -0.2) is 4.39 Å². The van der Waals surface area contributed by atoms with Gasteiger partial charge in [-0.05, 0) is 78.6 Å². The highest BCUT2D eigenvalue weighted by molar-refractivity contribution is 5.95. The smallest absolute Gasteiger partial charge is 0.254 e. The number of carbonyl (C=O) groups excluding carboxylic acids is 2. The molecule has 0 spiro atoms. The molecular formula is C31H38FN3O3. The summed E-state index contributed by atoms with van der Waals surface area (Å²) in [7, 11) is 1.61. The lowest BCUT2D eigenvalue weighted by atomic mass is 9.49. The Balaban J connectivity index is 1.20. The number of nitrogens with zero attached hydrogens (tertiary/aromatic N) is 3. The Morgan fingerprint density at radius 2 is 1.66 bits per heavy atom. The second-order valence-corrected chi connectivity index (χ2v) is 11.4. The normalized spacial score (nSPS) is 22.3. The Morgan fingerprint density at radius 3 is 2.26 bits per heavy atom. The van der Waals surface area contributed by atoms with E-state index in [1.165, 1.54) is 24.1 Å². The van der Waals surface area contributed by atoms with Crippen LogP contribution in [-0.4, -0.2) is 79.4 Å². The van der Waals surface area contributed by atoms with Crippen LogP contribution in [0.4, 0.5) is 4.39 Å². The maximum absolute atomic E-state index is 13.5. The Morgan fingerprint density at radius 1 is 1.00 bits per heavy atom. The number of benzene rings is 2. The van der Waals surface area contributed by atoms with Gasteiger partial charge in [0.05, 0.1) is 7.11 Å². The van der Waals surface area contributed by atoms with Gasteiger partial charge in [0, 0.05) is 56.9 Å². The van der Waals surface area contributed by atoms with Gasteiger partial charge >= 0.3 is 0 Å². The highest BCUT2D eigenvalue weighted by Gasteiger charge is 2.51. The Kier molecular flexibility index (Phi) is 7.57. The first-order chi connectivity index (χ1) is 18.3. The third-order valence-electron chi connectivity index (χ3n) is 9.02. The highest BCUT2D eigenvalue weighted by atomic mass is 19.1. The van der Waals surface area contributed by atoms with Crippen LogP contribution in [0.15, 0.2) is 60.2 Å². The van der Waals surface area contributed by atoms with Crippen LogP contribution in [0.5, 0.6) is 5.75 Å². The molecule has 2 atom stereocenters. The van der Waals surface area contributed by atoms with Crippen LogP contribution in [-0.2, 0) is 0 Å². The van der Waals surface area contributed by atoms with Crippen LogP contribution in [0.1, 0.15) is 47.4 Å². The van der Waals surface area contributed by atoms with Crippen molar-refractivity contribution >= 4 is 11.8 Å². The molecule has 4 aliphatic rings. The van der Waals surface area contributed by atoms with Gasteiger partial charge in [0.25, 0.3) is 11.8 Å². The number of carbonyl (C=O) groups is 2. The zero-order valence-electron chi connectivity index (χ0n) is 22.7. The van der Waals surface area contributed by atoms with Gasteiger partial charge in [-0.1, -0.05) is 25.5 Å². The molecule has 2 bridgehead atoms. The molecule has 2 amide bonds. The van der Waals surface area contributed by atoms with Crippen molar-refractivity contribution in [2.75, 3.05) is 52.9 Å². The summed E-state index contributed by atoms with van der Waals surface area (Å²) in [5.41, 5.74) is 2.84. The molecular weight excluding hydrogens is 481 g/mol. The molecule has 2 fully saturated rings. The van der Waals surface area contributed by atoms with Crippen LogP contribution in [0.2, 0.25) is 0 Å². The van der Waals surface area contributed by atoms with E-state index in [0.29, 0.717) is 48.6 Å². The topological polar surface area (TPSA) is 53.1 Å². The van der Waals surface area contributed by atoms with Gasteiger partial charge < -0.3 is 14.5 Å². The lowest BCUT2D eigenvalue weighted by Gasteiger charge is -2.57. The van der Waals surface area contributed by atoms with E-state index in [4.69, 9.17) is 4.74 Å². The molecule has 2 aromatic rings. The first-order valence-corrected chi connectivity index (χ1v) is 13.7. The Labute approximate surface area is 225 Å². The van der Waals surface area contributed by atoms with E-state index in [2.05, 4.69) is 24.8 Å². The van der Waals surface area contributed by atoms with E-state index >= 15 is 0 Å². The molecule has 3 aliphatic carbocycles. The Bertz CT molecular complexity index is 1180. The highest BCUT2D eigenvalue weighted by Crippen LogP contribution is 2.59. The summed E-state index contributed by atoms with van der Waals surface area (Å²) in [5, 5.41) is 0. The number of hydrogen-bond donors (Lipinski definition) is 0. The van der Waals surface area contributed by atoms with Gasteiger partial charge in [0.1, 0.15) is 11.6 Å². The summed E-state index contributed by atoms with van der Waals surface area (Å²) < 4.78 is 18.7. The van der Waals surface area contributed by atoms with Crippen molar-refractivity contribution in [2.24, 2.45) is 17.3 Å². The maximum Gasteiger partial charge on any atom is 0.254 e. The number of halogens is 1. The minimum Gasteiger partial charge on any atom is -0.497 e. The van der Waals surface area contributed by atoms with Gasteiger partial charge in [-0.3, -0.25) is 14.5 Å². The van der Waals surface area contributed by atoms with E-state index in [9.17, 15) is 14.0 Å². The third kappa shape index (κ3) is 5.35. The SMILES string of the molecule is COc1ccc(C(=O)N2CCN(CCN(CC3=CCC4CC3C4(C)C)C(=O)c3ccc(F)cc3)CC2)cc1. The largest absolute Gasteiger partial charge is 0.497 e. The summed E-state index contributed by atoms with van der Waals surface area (Å²) >= 11 is 0. The van der Waals surface area contributed by atoms with E-state index in [0.717, 1.165) is 37.7 Å². The first-order valence-electron chi connectivity index (χ1n) is 13.7. The molecule has 0 radical (unpaired) electrons. The minimum absolute atomic E-state index is 0.0334. The number of hydrogen-bond acceptors (Lipinski definition) is 4. The van der Waals surface area contributed by atoms with Crippen LogP contribution in [0.3, 0.4) is 0 Å². The van der Waals surface area contributed by atoms with Gasteiger partial charge in [-0.15, -0.1) is 0 Å². The zero-order chi connectivity index (χ0) is 26.9. The zero-order valence-corrected chi connectivity index (χ0v) is 22.7. The number of piperazine rings is 1. The fourth-order valence-corrected chi connectivity index (χ4v) is 6.26. The molecule has 2 aromatic carbocycles. The number of methoxy groups -OCH3 is 1. The van der Waals surface area contributed by atoms with Crippen molar-refractivity contribution in [3.05, 3.63) is 77.1 Å². The van der Waals surface area contributed by atoms with Crippen molar-refractivity contribution in [1.82, 2.24) is 14.7 Å². The van der Waals surface area contributed by atoms with E-state index < -0.39 is 0 Å². The van der Waals surface area contributed by atoms with Crippen LogP contribution < -0.4 is 4.74 Å². The fourth-order valence-electron chi connectivity index (χ4n) is 6.26. The number of ether oxygens (including phenoxy) is 1. The van der Waals surface area contributed by atoms with Gasteiger partial charge in [0.2, 0.25) is 0 Å². The summed E-state index contributed by atoms with van der Waals surface area (Å²) in [6, 6.07) is 13.1. The molecule has 2 unspecified atom stereocenters. The van der Waals surface area contributed by atoms with Crippen LogP contribution in [0.25, 0.3) is 0 Å². The quantitative estimate of drug-likeness (QED) is 0.474.